The molecule has 6 nitrogen and oxygen atoms in total. The van der Waals surface area contributed by atoms with Crippen LogP contribution in [-0.2, 0) is 17.8 Å². The van der Waals surface area contributed by atoms with Crippen molar-refractivity contribution in [3.8, 4) is 0 Å². The van der Waals surface area contributed by atoms with E-state index in [1.165, 1.54) is 11.1 Å². The van der Waals surface area contributed by atoms with Crippen LogP contribution >= 0.6 is 0 Å². The average Bonchev–Trinajstić information content (AvgIpc) is 2.60. The highest BCUT2D eigenvalue weighted by Crippen LogP contribution is 2.30. The molecule has 0 N–H and O–H groups in total. The zero-order valence-electron chi connectivity index (χ0n) is 16.4. The number of ether oxygens (including phenoxy) is 1. The highest BCUT2D eigenvalue weighted by atomic mass is 16.5. The van der Waals surface area contributed by atoms with Crippen LogP contribution in [0, 0.1) is 20.8 Å². The Hall–Kier alpha value is -2.18. The number of fused-ring (bicyclic) bond motifs is 1. The molecule has 1 aliphatic heterocycles. The molecule has 0 fully saturated rings. The smallest absolute Gasteiger partial charge is 0.259 e. The molecule has 0 amide bonds. The van der Waals surface area contributed by atoms with E-state index < -0.39 is 0 Å². The number of anilines is 2. The molecule has 26 heavy (non-hydrogen) atoms. The van der Waals surface area contributed by atoms with Crippen molar-refractivity contribution in [3.63, 3.8) is 0 Å². The van der Waals surface area contributed by atoms with Gasteiger partial charge in [-0.1, -0.05) is 24.6 Å². The summed E-state index contributed by atoms with van der Waals surface area (Å²) in [5, 5.41) is 0. The summed E-state index contributed by atoms with van der Waals surface area (Å²) in [4.78, 5) is 22.2. The lowest BCUT2D eigenvalue weighted by Gasteiger charge is -2.39. The Kier molecular flexibility index (Phi) is 5.44. The molecule has 2 heterocycles. The third-order valence-corrected chi connectivity index (χ3v) is 4.98. The zero-order valence-corrected chi connectivity index (χ0v) is 16.4. The van der Waals surface area contributed by atoms with Gasteiger partial charge in [0.15, 0.2) is 0 Å². The van der Waals surface area contributed by atoms with Crippen molar-refractivity contribution in [2.75, 3.05) is 31.8 Å². The fourth-order valence-corrected chi connectivity index (χ4v) is 3.59. The first-order valence-corrected chi connectivity index (χ1v) is 9.12. The van der Waals surface area contributed by atoms with Crippen molar-refractivity contribution in [1.29, 1.82) is 0 Å². The van der Waals surface area contributed by atoms with E-state index in [0.717, 1.165) is 29.4 Å². The van der Waals surface area contributed by atoms with Gasteiger partial charge in [0.05, 0.1) is 19.9 Å². The Morgan fingerprint density at radius 2 is 1.96 bits per heavy atom. The first-order valence-electron chi connectivity index (χ1n) is 9.12. The summed E-state index contributed by atoms with van der Waals surface area (Å²) in [6, 6.07) is 6.38. The number of hydrogen-bond donors (Lipinski definition) is 0. The SMILES string of the molecule is CCc1c(C)nc2n(c1=O)CN(CCOC)CN2c1ccc(C)cc1C. The number of hydrogen-bond acceptors (Lipinski definition) is 5. The minimum absolute atomic E-state index is 0.0619. The van der Waals surface area contributed by atoms with Crippen LogP contribution in [0.25, 0.3) is 0 Å². The van der Waals surface area contributed by atoms with E-state index in [2.05, 4.69) is 41.8 Å². The van der Waals surface area contributed by atoms with Crippen molar-refractivity contribution in [2.24, 2.45) is 0 Å². The molecule has 3 rings (SSSR count). The van der Waals surface area contributed by atoms with Gasteiger partial charge in [0, 0.05) is 30.6 Å². The zero-order chi connectivity index (χ0) is 18.8. The maximum atomic E-state index is 13.0. The normalized spacial score (nSPS) is 14.6. The van der Waals surface area contributed by atoms with Crippen molar-refractivity contribution < 1.29 is 4.74 Å². The number of benzene rings is 1. The van der Waals surface area contributed by atoms with Crippen LogP contribution in [0.15, 0.2) is 23.0 Å². The molecule has 140 valence electrons. The third kappa shape index (κ3) is 3.39. The van der Waals surface area contributed by atoms with E-state index in [4.69, 9.17) is 9.72 Å². The highest BCUT2D eigenvalue weighted by Gasteiger charge is 2.28. The van der Waals surface area contributed by atoms with Gasteiger partial charge in [-0.25, -0.2) is 4.98 Å². The summed E-state index contributed by atoms with van der Waals surface area (Å²) in [6.45, 7) is 10.7. The summed E-state index contributed by atoms with van der Waals surface area (Å²) >= 11 is 0. The van der Waals surface area contributed by atoms with Crippen molar-refractivity contribution in [1.82, 2.24) is 14.5 Å². The van der Waals surface area contributed by atoms with Crippen LogP contribution in [0.2, 0.25) is 0 Å². The van der Waals surface area contributed by atoms with Gasteiger partial charge < -0.3 is 4.74 Å². The lowest BCUT2D eigenvalue weighted by atomic mass is 10.1. The van der Waals surface area contributed by atoms with Crippen molar-refractivity contribution in [2.45, 2.75) is 40.8 Å². The maximum absolute atomic E-state index is 13.0. The van der Waals surface area contributed by atoms with Gasteiger partial charge in [-0.05, 0) is 38.8 Å². The monoisotopic (exact) mass is 356 g/mol. The minimum Gasteiger partial charge on any atom is -0.383 e. The maximum Gasteiger partial charge on any atom is 0.259 e. The van der Waals surface area contributed by atoms with Gasteiger partial charge >= 0.3 is 0 Å². The van der Waals surface area contributed by atoms with Crippen LogP contribution in [-0.4, -0.2) is 41.4 Å². The predicted octanol–water partition coefficient (Wildman–Crippen LogP) is 2.75. The Morgan fingerprint density at radius 3 is 2.62 bits per heavy atom. The molecule has 0 aliphatic carbocycles. The predicted molar refractivity (Wildman–Crippen MR) is 104 cm³/mol. The largest absolute Gasteiger partial charge is 0.383 e. The molecule has 0 saturated carbocycles. The van der Waals surface area contributed by atoms with E-state index in [1.54, 1.807) is 11.7 Å². The Labute approximate surface area is 155 Å². The van der Waals surface area contributed by atoms with Gasteiger partial charge in [0.25, 0.3) is 5.56 Å². The molecule has 0 unspecified atom stereocenters. The Balaban J connectivity index is 2.14. The molecule has 1 aromatic heterocycles. The molecule has 2 aromatic rings. The summed E-state index contributed by atoms with van der Waals surface area (Å²) in [5.41, 5.74) is 5.17. The molecule has 1 aliphatic rings. The van der Waals surface area contributed by atoms with Crippen LogP contribution in [0.5, 0.6) is 0 Å². The molecule has 1 aromatic carbocycles. The molecule has 0 bridgehead atoms. The fourth-order valence-electron chi connectivity index (χ4n) is 3.59. The summed E-state index contributed by atoms with van der Waals surface area (Å²) < 4.78 is 7.04. The fraction of sp³-hybridized carbons (Fsp3) is 0.500. The van der Waals surface area contributed by atoms with E-state index in [-0.39, 0.29) is 5.56 Å². The average molecular weight is 356 g/mol. The lowest BCUT2D eigenvalue weighted by molar-refractivity contribution is 0.121. The quantitative estimate of drug-likeness (QED) is 0.824. The van der Waals surface area contributed by atoms with Crippen LogP contribution in [0.4, 0.5) is 11.6 Å². The second-order valence-corrected chi connectivity index (χ2v) is 6.95. The summed E-state index contributed by atoms with van der Waals surface area (Å²) in [5.74, 6) is 0.727. The molecule has 0 spiro atoms. The van der Waals surface area contributed by atoms with E-state index >= 15 is 0 Å². The standard InChI is InChI=1S/C20H28N4O2/c1-6-17-16(4)21-20-23(18-8-7-14(2)11-15(18)3)12-22(9-10-26-5)13-24(20)19(17)25/h7-8,11H,6,9-10,12-13H2,1-5H3. The first kappa shape index (κ1) is 18.6. The van der Waals surface area contributed by atoms with Gasteiger partial charge in [0.2, 0.25) is 5.95 Å². The van der Waals surface area contributed by atoms with Crippen LogP contribution < -0.4 is 10.5 Å². The number of nitrogens with zero attached hydrogens (tertiary/aromatic N) is 4. The highest BCUT2D eigenvalue weighted by molar-refractivity contribution is 5.63. The van der Waals surface area contributed by atoms with E-state index in [9.17, 15) is 4.79 Å². The second-order valence-electron chi connectivity index (χ2n) is 6.95. The Morgan fingerprint density at radius 1 is 1.19 bits per heavy atom. The van der Waals surface area contributed by atoms with E-state index in [0.29, 0.717) is 26.4 Å². The van der Waals surface area contributed by atoms with Crippen molar-refractivity contribution in [3.05, 3.63) is 50.9 Å². The summed E-state index contributed by atoms with van der Waals surface area (Å²) in [7, 11) is 1.70. The van der Waals surface area contributed by atoms with Crippen molar-refractivity contribution >= 4 is 11.6 Å². The molecule has 0 atom stereocenters. The molecular formula is C20H28N4O2. The molecule has 0 radical (unpaired) electrons. The van der Waals surface area contributed by atoms with Gasteiger partial charge in [-0.15, -0.1) is 0 Å². The van der Waals surface area contributed by atoms with Gasteiger partial charge in [-0.3, -0.25) is 19.2 Å². The summed E-state index contributed by atoms with van der Waals surface area (Å²) in [6.07, 6.45) is 0.694. The van der Waals surface area contributed by atoms with Crippen LogP contribution in [0.1, 0.15) is 29.3 Å². The minimum atomic E-state index is 0.0619. The number of aromatic nitrogens is 2. The number of rotatable bonds is 5. The molecule has 6 heteroatoms. The van der Waals surface area contributed by atoms with Gasteiger partial charge in [0.1, 0.15) is 0 Å². The first-order chi connectivity index (χ1) is 12.5. The number of aryl methyl sites for hydroxylation is 3. The van der Waals surface area contributed by atoms with Gasteiger partial charge in [-0.2, -0.15) is 0 Å². The molecule has 0 saturated heterocycles. The third-order valence-electron chi connectivity index (χ3n) is 4.98. The van der Waals surface area contributed by atoms with Crippen LogP contribution in [0.3, 0.4) is 0 Å². The second kappa shape index (κ2) is 7.60. The Bertz CT molecular complexity index is 860. The topological polar surface area (TPSA) is 50.6 Å². The molecular weight excluding hydrogens is 328 g/mol. The van der Waals surface area contributed by atoms with E-state index in [1.807, 2.05) is 13.8 Å². The number of methoxy groups -OCH3 is 1. The lowest BCUT2D eigenvalue weighted by Crippen LogP contribution is -2.49.